The van der Waals surface area contributed by atoms with Gasteiger partial charge in [-0.25, -0.2) is 4.39 Å². The Morgan fingerprint density at radius 2 is 2.06 bits per heavy atom. The number of benzene rings is 1. The van der Waals surface area contributed by atoms with E-state index in [0.29, 0.717) is 9.50 Å². The molecule has 0 amide bonds. The van der Waals surface area contributed by atoms with Crippen LogP contribution in [0.1, 0.15) is 29.7 Å². The van der Waals surface area contributed by atoms with E-state index in [-0.39, 0.29) is 5.82 Å². The quantitative estimate of drug-likeness (QED) is 0.665. The van der Waals surface area contributed by atoms with Gasteiger partial charge in [0.15, 0.2) is 0 Å². The highest BCUT2D eigenvalue weighted by Crippen LogP contribution is 2.38. The Morgan fingerprint density at radius 1 is 1.33 bits per heavy atom. The molecule has 0 atom stereocenters. The van der Waals surface area contributed by atoms with E-state index in [2.05, 4.69) is 15.9 Å². The maximum Gasteiger partial charge on any atom is 0.138 e. The molecule has 0 spiro atoms. The average molecular weight is 329 g/mol. The molecule has 1 aliphatic carbocycles. The molecule has 2 aromatic rings. The third-order valence-electron chi connectivity index (χ3n) is 3.55. The minimum atomic E-state index is -0.278. The minimum Gasteiger partial charge on any atom is -0.252 e. The van der Waals surface area contributed by atoms with Crippen LogP contribution < -0.4 is 0 Å². The Morgan fingerprint density at radius 3 is 2.83 bits per heavy atom. The number of hydrogen-bond acceptors (Lipinski definition) is 1. The van der Waals surface area contributed by atoms with E-state index in [1.165, 1.54) is 6.07 Å². The molecule has 1 aromatic heterocycles. The van der Waals surface area contributed by atoms with Crippen molar-refractivity contribution in [3.05, 3.63) is 38.2 Å². The Kier molecular flexibility index (Phi) is 3.07. The number of nitrogens with zero attached hydrogens (tertiary/aromatic N) is 1. The molecule has 3 rings (SSSR count). The molecule has 0 radical (unpaired) electrons. The lowest BCUT2D eigenvalue weighted by Crippen LogP contribution is -2.07. The van der Waals surface area contributed by atoms with Crippen LogP contribution in [0.4, 0.5) is 4.39 Å². The second-order valence-corrected chi connectivity index (χ2v) is 5.94. The van der Waals surface area contributed by atoms with Crippen LogP contribution in [-0.2, 0) is 12.8 Å². The SMILES string of the molecule is Cc1cc(F)c(Br)c2c(Cl)c3c(nc12)CCCC3. The third kappa shape index (κ3) is 1.76. The van der Waals surface area contributed by atoms with Crippen LogP contribution in [0.2, 0.25) is 5.02 Å². The molecule has 0 unspecified atom stereocenters. The van der Waals surface area contributed by atoms with Gasteiger partial charge in [0.25, 0.3) is 0 Å². The van der Waals surface area contributed by atoms with Gasteiger partial charge in [0.2, 0.25) is 0 Å². The standard InChI is InChI=1S/C14H12BrClFN/c1-7-6-9(17)12(15)11-13(16)8-4-2-3-5-10(8)18-14(7)11/h6H,2-5H2,1H3. The summed E-state index contributed by atoms with van der Waals surface area (Å²) in [5.74, 6) is -0.278. The lowest BCUT2D eigenvalue weighted by atomic mass is 9.94. The monoisotopic (exact) mass is 327 g/mol. The molecular weight excluding hydrogens is 317 g/mol. The topological polar surface area (TPSA) is 12.9 Å². The van der Waals surface area contributed by atoms with Crippen LogP contribution in [0, 0.1) is 12.7 Å². The first-order valence-electron chi connectivity index (χ1n) is 6.05. The van der Waals surface area contributed by atoms with Gasteiger partial charge >= 0.3 is 0 Å². The molecule has 4 heteroatoms. The predicted molar refractivity (Wildman–Crippen MR) is 75.8 cm³/mol. The fourth-order valence-corrected chi connectivity index (χ4v) is 3.62. The van der Waals surface area contributed by atoms with Crippen LogP contribution in [-0.4, -0.2) is 4.98 Å². The minimum absolute atomic E-state index is 0.278. The van der Waals surface area contributed by atoms with E-state index in [4.69, 9.17) is 16.6 Å². The van der Waals surface area contributed by atoms with Crippen LogP contribution in [0.3, 0.4) is 0 Å². The summed E-state index contributed by atoms with van der Waals surface area (Å²) < 4.78 is 14.2. The number of rotatable bonds is 0. The number of halogens is 3. The normalized spacial score (nSPS) is 14.9. The van der Waals surface area contributed by atoms with E-state index in [9.17, 15) is 4.39 Å². The van der Waals surface area contributed by atoms with Crippen molar-refractivity contribution in [3.63, 3.8) is 0 Å². The van der Waals surface area contributed by atoms with Gasteiger partial charge in [-0.3, -0.25) is 4.98 Å². The van der Waals surface area contributed by atoms with Crippen LogP contribution >= 0.6 is 27.5 Å². The van der Waals surface area contributed by atoms with E-state index >= 15 is 0 Å². The van der Waals surface area contributed by atoms with Gasteiger partial charge in [0, 0.05) is 11.1 Å². The molecule has 1 nitrogen and oxygen atoms in total. The summed E-state index contributed by atoms with van der Waals surface area (Å²) in [4.78, 5) is 4.70. The fourth-order valence-electron chi connectivity index (χ4n) is 2.62. The molecule has 0 aliphatic heterocycles. The van der Waals surface area contributed by atoms with E-state index < -0.39 is 0 Å². The van der Waals surface area contributed by atoms with Gasteiger partial charge in [-0.2, -0.15) is 0 Å². The summed E-state index contributed by atoms with van der Waals surface area (Å²) in [5, 5.41) is 1.39. The average Bonchev–Trinajstić information content (AvgIpc) is 2.36. The molecule has 0 saturated heterocycles. The third-order valence-corrected chi connectivity index (χ3v) is 4.75. The highest BCUT2D eigenvalue weighted by atomic mass is 79.9. The summed E-state index contributed by atoms with van der Waals surface area (Å²) >= 11 is 9.77. The van der Waals surface area contributed by atoms with E-state index in [0.717, 1.165) is 53.4 Å². The van der Waals surface area contributed by atoms with Gasteiger partial charge < -0.3 is 0 Å². The molecule has 0 bridgehead atoms. The predicted octanol–water partition coefficient (Wildman–Crippen LogP) is 4.98. The molecule has 94 valence electrons. The summed E-state index contributed by atoms with van der Waals surface area (Å²) in [6.07, 6.45) is 4.20. The lowest BCUT2D eigenvalue weighted by molar-refractivity contribution is 0.621. The molecule has 0 fully saturated rings. The van der Waals surface area contributed by atoms with Crippen molar-refractivity contribution < 1.29 is 4.39 Å². The van der Waals surface area contributed by atoms with Gasteiger partial charge in [0.1, 0.15) is 5.82 Å². The van der Waals surface area contributed by atoms with E-state index in [1.807, 2.05) is 6.92 Å². The summed E-state index contributed by atoms with van der Waals surface area (Å²) in [7, 11) is 0. The largest absolute Gasteiger partial charge is 0.252 e. The molecule has 1 heterocycles. The molecule has 1 aromatic carbocycles. The molecule has 0 N–H and O–H groups in total. The summed E-state index contributed by atoms with van der Waals surface area (Å²) in [6.45, 7) is 1.87. The lowest BCUT2D eigenvalue weighted by Gasteiger charge is -2.19. The Labute approximate surface area is 118 Å². The van der Waals surface area contributed by atoms with Crippen LogP contribution in [0.5, 0.6) is 0 Å². The second-order valence-electron chi connectivity index (χ2n) is 4.77. The zero-order valence-corrected chi connectivity index (χ0v) is 12.3. The van der Waals surface area contributed by atoms with Gasteiger partial charge in [-0.15, -0.1) is 0 Å². The van der Waals surface area contributed by atoms with Crippen molar-refractivity contribution in [2.75, 3.05) is 0 Å². The molecular formula is C14H12BrClFN. The van der Waals surface area contributed by atoms with Crippen LogP contribution in [0.15, 0.2) is 10.5 Å². The maximum absolute atomic E-state index is 13.8. The number of hydrogen-bond donors (Lipinski definition) is 0. The summed E-state index contributed by atoms with van der Waals surface area (Å²) in [5.41, 5.74) is 3.83. The van der Waals surface area contributed by atoms with Gasteiger partial charge in [-0.05, 0) is 65.7 Å². The number of pyridine rings is 1. The fraction of sp³-hybridized carbons (Fsp3) is 0.357. The highest BCUT2D eigenvalue weighted by molar-refractivity contribution is 9.10. The van der Waals surface area contributed by atoms with E-state index in [1.54, 1.807) is 0 Å². The first-order valence-corrected chi connectivity index (χ1v) is 7.22. The smallest absolute Gasteiger partial charge is 0.138 e. The zero-order chi connectivity index (χ0) is 12.9. The number of fused-ring (bicyclic) bond motifs is 2. The highest BCUT2D eigenvalue weighted by Gasteiger charge is 2.20. The van der Waals surface area contributed by atoms with Gasteiger partial charge in [-0.1, -0.05) is 11.6 Å². The Hall–Kier alpha value is -0.670. The van der Waals surface area contributed by atoms with Crippen molar-refractivity contribution in [3.8, 4) is 0 Å². The van der Waals surface area contributed by atoms with Crippen molar-refractivity contribution in [1.82, 2.24) is 4.98 Å². The molecule has 1 aliphatic rings. The van der Waals surface area contributed by atoms with Crippen LogP contribution in [0.25, 0.3) is 10.9 Å². The van der Waals surface area contributed by atoms with Crippen molar-refractivity contribution in [1.29, 1.82) is 0 Å². The van der Waals surface area contributed by atoms with Crippen molar-refractivity contribution >= 4 is 38.4 Å². The maximum atomic E-state index is 13.8. The second kappa shape index (κ2) is 4.46. The first-order chi connectivity index (χ1) is 8.59. The van der Waals surface area contributed by atoms with Crippen molar-refractivity contribution in [2.24, 2.45) is 0 Å². The molecule has 18 heavy (non-hydrogen) atoms. The number of aromatic nitrogens is 1. The Bertz CT molecular complexity index is 654. The zero-order valence-electron chi connectivity index (χ0n) is 9.99. The molecule has 0 saturated carbocycles. The van der Waals surface area contributed by atoms with Crippen molar-refractivity contribution in [2.45, 2.75) is 32.6 Å². The summed E-state index contributed by atoms with van der Waals surface area (Å²) in [6, 6.07) is 1.50. The first kappa shape index (κ1) is 12.4. The number of aryl methyl sites for hydroxylation is 2. The van der Waals surface area contributed by atoms with Gasteiger partial charge in [0.05, 0.1) is 15.0 Å². The Balaban J connectivity index is 2.46.